The van der Waals surface area contributed by atoms with Crippen molar-refractivity contribution in [1.82, 2.24) is 9.78 Å². The number of hydrogen-bond donors (Lipinski definition) is 1. The topological polar surface area (TPSA) is 81.2 Å². The lowest BCUT2D eigenvalue weighted by molar-refractivity contribution is -0.385. The van der Waals surface area contributed by atoms with Gasteiger partial charge in [-0.1, -0.05) is 18.2 Å². The lowest BCUT2D eigenvalue weighted by atomic mass is 10.2. The summed E-state index contributed by atoms with van der Waals surface area (Å²) in [4.78, 5) is 10.3. The maximum absolute atomic E-state index is 12.9. The molecule has 9 heteroatoms. The normalized spacial score (nSPS) is 11.6. The van der Waals surface area contributed by atoms with Crippen LogP contribution < -0.4 is 0 Å². The van der Waals surface area contributed by atoms with Gasteiger partial charge in [-0.3, -0.25) is 14.8 Å². The average molecular weight is 315 g/mol. The molecule has 0 amide bonds. The van der Waals surface area contributed by atoms with Gasteiger partial charge in [0.1, 0.15) is 0 Å². The lowest BCUT2D eigenvalue weighted by Crippen LogP contribution is -2.11. The van der Waals surface area contributed by atoms with Crippen LogP contribution in [0.5, 0.6) is 0 Å². The van der Waals surface area contributed by atoms with Gasteiger partial charge in [0, 0.05) is 24.4 Å². The Hall–Kier alpha value is -2.42. The van der Waals surface area contributed by atoms with Crippen molar-refractivity contribution in [3.63, 3.8) is 0 Å². The number of aliphatic hydroxyl groups excluding tert-OH is 1. The average Bonchev–Trinajstić information content (AvgIpc) is 2.82. The van der Waals surface area contributed by atoms with Gasteiger partial charge < -0.3 is 5.11 Å². The minimum Gasteiger partial charge on any atom is -0.396 e. The van der Waals surface area contributed by atoms with E-state index < -0.39 is 23.4 Å². The molecule has 0 atom stereocenters. The Balaban J connectivity index is 2.37. The molecule has 0 unspecified atom stereocenters. The van der Waals surface area contributed by atoms with E-state index in [9.17, 15) is 23.3 Å². The van der Waals surface area contributed by atoms with Gasteiger partial charge in [0.2, 0.25) is 0 Å². The number of aromatic nitrogens is 2. The van der Waals surface area contributed by atoms with Gasteiger partial charge >= 0.3 is 6.18 Å². The predicted molar refractivity (Wildman–Crippen MR) is 70.2 cm³/mol. The van der Waals surface area contributed by atoms with Gasteiger partial charge in [0.25, 0.3) is 5.69 Å². The minimum absolute atomic E-state index is 0.145. The van der Waals surface area contributed by atoms with Gasteiger partial charge in [-0.05, 0) is 6.42 Å². The van der Waals surface area contributed by atoms with Gasteiger partial charge in [0.15, 0.2) is 5.69 Å². The van der Waals surface area contributed by atoms with Crippen LogP contribution >= 0.6 is 0 Å². The van der Waals surface area contributed by atoms with E-state index in [4.69, 9.17) is 5.11 Å². The maximum Gasteiger partial charge on any atom is 0.435 e. The molecule has 1 heterocycles. The van der Waals surface area contributed by atoms with E-state index in [2.05, 4.69) is 5.10 Å². The van der Waals surface area contributed by atoms with Crippen LogP contribution in [0.15, 0.2) is 30.5 Å². The lowest BCUT2D eigenvalue weighted by Gasteiger charge is -2.05. The smallest absolute Gasteiger partial charge is 0.396 e. The number of nitrogens with zero attached hydrogens (tertiary/aromatic N) is 3. The van der Waals surface area contributed by atoms with E-state index in [1.807, 2.05) is 0 Å². The third-order valence-electron chi connectivity index (χ3n) is 3.01. The van der Waals surface area contributed by atoms with E-state index in [0.29, 0.717) is 0 Å². The van der Waals surface area contributed by atoms with Crippen molar-refractivity contribution in [2.45, 2.75) is 19.1 Å². The zero-order chi connectivity index (χ0) is 16.3. The van der Waals surface area contributed by atoms with Crippen LogP contribution in [0.3, 0.4) is 0 Å². The first kappa shape index (κ1) is 16.0. The highest BCUT2D eigenvalue weighted by atomic mass is 19.4. The molecule has 0 saturated carbocycles. The molecule has 0 spiro atoms. The first-order valence-electron chi connectivity index (χ1n) is 6.29. The van der Waals surface area contributed by atoms with Crippen LogP contribution in [-0.4, -0.2) is 26.4 Å². The Morgan fingerprint density at radius 3 is 2.55 bits per heavy atom. The van der Waals surface area contributed by atoms with Crippen molar-refractivity contribution in [2.75, 3.05) is 6.61 Å². The number of nitro groups is 1. The number of aliphatic hydroxyl groups is 1. The Kier molecular flexibility index (Phi) is 4.45. The Bertz CT molecular complexity index is 683. The van der Waals surface area contributed by atoms with Crippen molar-refractivity contribution in [3.8, 4) is 0 Å². The Morgan fingerprint density at radius 1 is 1.27 bits per heavy atom. The fraction of sp³-hybridized carbons (Fsp3) is 0.308. The van der Waals surface area contributed by atoms with Gasteiger partial charge in [-0.2, -0.15) is 18.3 Å². The molecule has 1 aromatic heterocycles. The first-order valence-corrected chi connectivity index (χ1v) is 6.29. The molecule has 0 aliphatic carbocycles. The summed E-state index contributed by atoms with van der Waals surface area (Å²) in [7, 11) is 0. The monoisotopic (exact) mass is 315 g/mol. The summed E-state index contributed by atoms with van der Waals surface area (Å²) in [6.07, 6.45) is -3.68. The number of benzene rings is 1. The van der Waals surface area contributed by atoms with Crippen LogP contribution in [0.4, 0.5) is 18.9 Å². The third kappa shape index (κ3) is 3.42. The van der Waals surface area contributed by atoms with Crippen LogP contribution in [0, 0.1) is 10.1 Å². The highest BCUT2D eigenvalue weighted by Crippen LogP contribution is 2.31. The molecule has 1 aromatic carbocycles. The van der Waals surface area contributed by atoms with Crippen LogP contribution in [-0.2, 0) is 19.1 Å². The van der Waals surface area contributed by atoms with E-state index in [0.717, 1.165) is 10.9 Å². The predicted octanol–water partition coefficient (Wildman–Crippen LogP) is 2.39. The number of halogens is 3. The molecular formula is C13H12F3N3O3. The standard InChI is InChI=1S/C13H12F3N3O3/c14-13(15,16)12-10(5-6-20)8-18(17-12)7-9-3-1-2-4-11(9)19(21)22/h1-4,8,20H,5-7H2. The van der Waals surface area contributed by atoms with E-state index in [1.54, 1.807) is 6.07 Å². The molecule has 1 N–H and O–H groups in total. The minimum atomic E-state index is -4.64. The van der Waals surface area contributed by atoms with Crippen LogP contribution in [0.2, 0.25) is 0 Å². The summed E-state index contributed by atoms with van der Waals surface area (Å²) >= 11 is 0. The third-order valence-corrected chi connectivity index (χ3v) is 3.01. The summed E-state index contributed by atoms with van der Waals surface area (Å²) in [6.45, 7) is -0.605. The quantitative estimate of drug-likeness (QED) is 0.678. The van der Waals surface area contributed by atoms with Gasteiger partial charge in [0.05, 0.1) is 17.0 Å². The van der Waals surface area contributed by atoms with Gasteiger partial charge in [-0.25, -0.2) is 0 Å². The van der Waals surface area contributed by atoms with E-state index in [-0.39, 0.29) is 29.8 Å². The second-order valence-electron chi connectivity index (χ2n) is 4.56. The number of alkyl halides is 3. The zero-order valence-electron chi connectivity index (χ0n) is 11.2. The fourth-order valence-electron chi connectivity index (χ4n) is 2.08. The molecule has 0 radical (unpaired) electrons. The molecule has 118 valence electrons. The highest BCUT2D eigenvalue weighted by molar-refractivity contribution is 5.40. The Morgan fingerprint density at radius 2 is 1.95 bits per heavy atom. The van der Waals surface area contributed by atoms with Crippen molar-refractivity contribution in [2.24, 2.45) is 0 Å². The molecule has 0 fully saturated rings. The highest BCUT2D eigenvalue weighted by Gasteiger charge is 2.37. The van der Waals surface area contributed by atoms with Crippen molar-refractivity contribution in [3.05, 3.63) is 57.4 Å². The summed E-state index contributed by atoms with van der Waals surface area (Å²) in [6, 6.07) is 5.77. The molecule has 2 rings (SSSR count). The summed E-state index contributed by atoms with van der Waals surface area (Å²) in [5.41, 5.74) is -1.16. The van der Waals surface area contributed by atoms with Crippen molar-refractivity contribution in [1.29, 1.82) is 0 Å². The molecule has 0 aliphatic heterocycles. The largest absolute Gasteiger partial charge is 0.435 e. The molecule has 22 heavy (non-hydrogen) atoms. The summed E-state index contributed by atoms with van der Waals surface area (Å²) < 4.78 is 39.6. The summed E-state index contributed by atoms with van der Waals surface area (Å²) in [5.74, 6) is 0. The molecule has 6 nitrogen and oxygen atoms in total. The fourth-order valence-corrected chi connectivity index (χ4v) is 2.08. The SMILES string of the molecule is O=[N+]([O-])c1ccccc1Cn1cc(CCO)c(C(F)(F)F)n1. The number of para-hydroxylation sites is 1. The molecule has 0 bridgehead atoms. The van der Waals surface area contributed by atoms with Crippen molar-refractivity contribution >= 4 is 5.69 Å². The molecule has 2 aromatic rings. The molecule has 0 aliphatic rings. The number of rotatable bonds is 5. The number of hydrogen-bond acceptors (Lipinski definition) is 4. The van der Waals surface area contributed by atoms with Crippen LogP contribution in [0.1, 0.15) is 16.8 Å². The van der Waals surface area contributed by atoms with E-state index >= 15 is 0 Å². The van der Waals surface area contributed by atoms with Gasteiger partial charge in [-0.15, -0.1) is 0 Å². The van der Waals surface area contributed by atoms with Crippen molar-refractivity contribution < 1.29 is 23.2 Å². The maximum atomic E-state index is 12.9. The second kappa shape index (κ2) is 6.14. The van der Waals surface area contributed by atoms with Crippen LogP contribution in [0.25, 0.3) is 0 Å². The zero-order valence-corrected chi connectivity index (χ0v) is 11.2. The number of nitro benzene ring substituents is 1. The summed E-state index contributed by atoms with van der Waals surface area (Å²) in [5, 5.41) is 23.2. The molecular weight excluding hydrogens is 303 g/mol. The molecule has 0 saturated heterocycles. The van der Waals surface area contributed by atoms with E-state index in [1.165, 1.54) is 18.2 Å². The second-order valence-corrected chi connectivity index (χ2v) is 4.56. The first-order chi connectivity index (χ1) is 10.3. The Labute approximate surface area is 122 Å².